The molecule has 0 saturated heterocycles. The van der Waals surface area contributed by atoms with Gasteiger partial charge in [0.05, 0.1) is 5.69 Å². The molecule has 0 aliphatic carbocycles. The van der Waals surface area contributed by atoms with E-state index in [4.69, 9.17) is 0 Å². The third-order valence-corrected chi connectivity index (χ3v) is 4.99. The van der Waals surface area contributed by atoms with Gasteiger partial charge in [-0.1, -0.05) is 48.0 Å². The molecule has 0 spiro atoms. The smallest absolute Gasteiger partial charge is 0.274 e. The first-order valence-corrected chi connectivity index (χ1v) is 8.59. The highest BCUT2D eigenvalue weighted by molar-refractivity contribution is 7.97. The molecule has 0 radical (unpaired) electrons. The third-order valence-electron chi connectivity index (χ3n) is 3.28. The number of amides is 1. The summed E-state index contributed by atoms with van der Waals surface area (Å²) in [6.07, 6.45) is 1.26. The molecule has 0 bridgehead atoms. The summed E-state index contributed by atoms with van der Waals surface area (Å²) < 4.78 is 26.2. The van der Waals surface area contributed by atoms with E-state index in [1.54, 1.807) is 36.4 Å². The second-order valence-corrected chi connectivity index (χ2v) is 6.91. The van der Waals surface area contributed by atoms with E-state index in [1.807, 2.05) is 19.1 Å². The molecular weight excluding hydrogens is 324 g/mol. The van der Waals surface area contributed by atoms with Gasteiger partial charge in [0.15, 0.2) is 4.91 Å². The molecule has 6 heteroatoms. The molecule has 0 saturated carbocycles. The summed E-state index contributed by atoms with van der Waals surface area (Å²) >= 11 is 0. The van der Waals surface area contributed by atoms with E-state index in [2.05, 4.69) is 0 Å². The van der Waals surface area contributed by atoms with Crippen molar-refractivity contribution in [3.63, 3.8) is 0 Å². The summed E-state index contributed by atoms with van der Waals surface area (Å²) in [4.78, 5) is 11.4. The second kappa shape index (κ2) is 7.11. The average molecular weight is 340 g/mol. The zero-order valence-corrected chi connectivity index (χ0v) is 14.1. The number of rotatable bonds is 4. The Morgan fingerprint density at radius 3 is 2.17 bits per heavy atom. The van der Waals surface area contributed by atoms with Gasteiger partial charge in [-0.3, -0.25) is 4.79 Å². The number of allylic oxidation sites excluding steroid dienone is 1. The molecule has 5 nitrogen and oxygen atoms in total. The molecule has 0 heterocycles. The quantitative estimate of drug-likeness (QED) is 0.801. The second-order valence-electron chi connectivity index (χ2n) is 5.16. The highest BCUT2D eigenvalue weighted by Crippen LogP contribution is 2.24. The molecule has 24 heavy (non-hydrogen) atoms. The Kier molecular flexibility index (Phi) is 5.17. The third kappa shape index (κ3) is 3.70. The monoisotopic (exact) mass is 340 g/mol. The molecule has 0 aliphatic heterocycles. The lowest BCUT2D eigenvalue weighted by molar-refractivity contribution is -0.115. The Balaban J connectivity index is 2.54. The largest absolute Gasteiger partial charge is 0.281 e. The van der Waals surface area contributed by atoms with Crippen molar-refractivity contribution in [2.75, 3.05) is 4.31 Å². The van der Waals surface area contributed by atoms with Crippen molar-refractivity contribution in [1.82, 2.24) is 0 Å². The molecule has 1 amide bonds. The molecule has 2 rings (SSSR count). The number of hydrogen-bond donors (Lipinski definition) is 0. The van der Waals surface area contributed by atoms with Crippen LogP contribution in [0.15, 0.2) is 59.5 Å². The van der Waals surface area contributed by atoms with Crippen LogP contribution in [-0.2, 0) is 14.8 Å². The number of anilines is 1. The Labute approximate surface area is 141 Å². The average Bonchev–Trinajstić information content (AvgIpc) is 2.54. The highest BCUT2D eigenvalue weighted by atomic mass is 32.2. The molecule has 0 N–H and O–H groups in total. The Morgan fingerprint density at radius 2 is 1.67 bits per heavy atom. The zero-order chi connectivity index (χ0) is 17.7. The van der Waals surface area contributed by atoms with E-state index >= 15 is 0 Å². The minimum atomic E-state index is -4.29. The number of para-hydroxylation sites is 1. The number of carbonyl (C=O) groups is 1. The summed E-state index contributed by atoms with van der Waals surface area (Å²) in [5, 5.41) is 9.32. The van der Waals surface area contributed by atoms with Gasteiger partial charge in [0.1, 0.15) is 6.07 Å². The first-order valence-electron chi connectivity index (χ1n) is 7.15. The van der Waals surface area contributed by atoms with Crippen molar-refractivity contribution < 1.29 is 13.2 Å². The van der Waals surface area contributed by atoms with Gasteiger partial charge in [0.2, 0.25) is 5.91 Å². The van der Waals surface area contributed by atoms with E-state index in [0.717, 1.165) is 12.5 Å². The van der Waals surface area contributed by atoms with Crippen molar-refractivity contribution in [3.8, 4) is 6.07 Å². The first-order chi connectivity index (χ1) is 11.4. The Bertz CT molecular complexity index is 909. The van der Waals surface area contributed by atoms with Crippen molar-refractivity contribution >= 4 is 27.7 Å². The van der Waals surface area contributed by atoms with E-state index in [1.165, 1.54) is 18.2 Å². The molecule has 0 aliphatic rings. The lowest BCUT2D eigenvalue weighted by Crippen LogP contribution is -2.35. The summed E-state index contributed by atoms with van der Waals surface area (Å²) in [7, 11) is -4.29. The van der Waals surface area contributed by atoms with Crippen LogP contribution in [0, 0.1) is 18.3 Å². The van der Waals surface area contributed by atoms with Gasteiger partial charge in [0, 0.05) is 6.92 Å². The standard InChI is InChI=1S/C18H16N2O3S/c1-14-8-10-16(11-9-14)12-18(13-19)24(22,23)20(15(2)21)17-6-4-3-5-7-17/h3-12H,1-2H3. The van der Waals surface area contributed by atoms with Crippen LogP contribution in [0.5, 0.6) is 0 Å². The highest BCUT2D eigenvalue weighted by Gasteiger charge is 2.30. The predicted octanol–water partition coefficient (Wildman–Crippen LogP) is 3.24. The van der Waals surface area contributed by atoms with E-state index in [9.17, 15) is 18.5 Å². The summed E-state index contributed by atoms with van der Waals surface area (Å²) in [6.45, 7) is 3.05. The van der Waals surface area contributed by atoms with Crippen LogP contribution in [0.1, 0.15) is 18.1 Å². The minimum absolute atomic E-state index is 0.190. The van der Waals surface area contributed by atoms with E-state index in [-0.39, 0.29) is 5.69 Å². The fourth-order valence-electron chi connectivity index (χ4n) is 2.13. The fraction of sp³-hybridized carbons (Fsp3) is 0.111. The number of aryl methyl sites for hydroxylation is 1. The maximum atomic E-state index is 12.8. The van der Waals surface area contributed by atoms with E-state index in [0.29, 0.717) is 9.87 Å². The van der Waals surface area contributed by atoms with Gasteiger partial charge in [0.25, 0.3) is 10.0 Å². The van der Waals surface area contributed by atoms with Crippen molar-refractivity contribution in [3.05, 3.63) is 70.6 Å². The van der Waals surface area contributed by atoms with Crippen LogP contribution in [0.4, 0.5) is 5.69 Å². The van der Waals surface area contributed by atoms with Gasteiger partial charge in [-0.15, -0.1) is 0 Å². The van der Waals surface area contributed by atoms with Crippen LogP contribution in [0.3, 0.4) is 0 Å². The van der Waals surface area contributed by atoms with Crippen molar-refractivity contribution in [2.24, 2.45) is 0 Å². The number of nitriles is 1. The molecule has 0 fully saturated rings. The van der Waals surface area contributed by atoms with Crippen LogP contribution in [0.25, 0.3) is 6.08 Å². The van der Waals surface area contributed by atoms with Gasteiger partial charge >= 0.3 is 0 Å². The predicted molar refractivity (Wildman–Crippen MR) is 93.3 cm³/mol. The zero-order valence-electron chi connectivity index (χ0n) is 13.3. The molecule has 2 aromatic rings. The molecule has 2 aromatic carbocycles. The Hall–Kier alpha value is -2.91. The maximum Gasteiger partial charge on any atom is 0.281 e. The van der Waals surface area contributed by atoms with Gasteiger partial charge in [-0.2, -0.15) is 13.7 Å². The normalized spacial score (nSPS) is 11.6. The Morgan fingerprint density at radius 1 is 1.08 bits per heavy atom. The van der Waals surface area contributed by atoms with Crippen molar-refractivity contribution in [1.29, 1.82) is 5.26 Å². The number of nitrogens with zero attached hydrogens (tertiary/aromatic N) is 2. The van der Waals surface area contributed by atoms with Gasteiger partial charge in [-0.25, -0.2) is 4.31 Å². The van der Waals surface area contributed by atoms with E-state index < -0.39 is 20.8 Å². The summed E-state index contributed by atoms with van der Waals surface area (Å²) in [6, 6.07) is 16.7. The van der Waals surface area contributed by atoms with Crippen LogP contribution in [0.2, 0.25) is 0 Å². The fourth-order valence-corrected chi connectivity index (χ4v) is 3.46. The molecule has 0 aromatic heterocycles. The number of carbonyl (C=O) groups excluding carboxylic acids is 1. The number of hydrogen-bond acceptors (Lipinski definition) is 4. The summed E-state index contributed by atoms with van der Waals surface area (Å²) in [5.41, 5.74) is 1.77. The molecular formula is C18H16N2O3S. The summed E-state index contributed by atoms with van der Waals surface area (Å²) in [5.74, 6) is -0.689. The van der Waals surface area contributed by atoms with Gasteiger partial charge in [-0.05, 0) is 30.7 Å². The molecule has 122 valence electrons. The van der Waals surface area contributed by atoms with Crippen LogP contribution < -0.4 is 4.31 Å². The maximum absolute atomic E-state index is 12.8. The van der Waals surface area contributed by atoms with Crippen molar-refractivity contribution in [2.45, 2.75) is 13.8 Å². The molecule has 0 atom stereocenters. The number of benzene rings is 2. The lowest BCUT2D eigenvalue weighted by atomic mass is 10.1. The number of sulfonamides is 1. The molecule has 0 unspecified atom stereocenters. The van der Waals surface area contributed by atoms with Crippen LogP contribution in [-0.4, -0.2) is 14.3 Å². The van der Waals surface area contributed by atoms with Crippen LogP contribution >= 0.6 is 0 Å². The topological polar surface area (TPSA) is 78.2 Å². The van der Waals surface area contributed by atoms with Gasteiger partial charge < -0.3 is 0 Å². The minimum Gasteiger partial charge on any atom is -0.274 e. The lowest BCUT2D eigenvalue weighted by Gasteiger charge is -2.20. The SMILES string of the molecule is CC(=O)N(c1ccccc1)S(=O)(=O)C(C#N)=Cc1ccc(C)cc1. The first kappa shape index (κ1) is 17.4.